The Morgan fingerprint density at radius 3 is 2.63 bits per heavy atom. The average molecular weight is 522 g/mol. The van der Waals surface area contributed by atoms with Crippen molar-refractivity contribution in [2.24, 2.45) is 0 Å². The average Bonchev–Trinajstić information content (AvgIpc) is 3.38. The number of benzene rings is 2. The van der Waals surface area contributed by atoms with Crippen LogP contribution in [-0.4, -0.2) is 43.3 Å². The van der Waals surface area contributed by atoms with Gasteiger partial charge in [-0.15, -0.1) is 10.2 Å². The molecule has 0 fully saturated rings. The van der Waals surface area contributed by atoms with Crippen LogP contribution < -0.4 is 16.0 Å². The first-order valence-electron chi connectivity index (χ1n) is 11.9. The Balaban J connectivity index is 1.48. The number of amides is 1. The van der Waals surface area contributed by atoms with Crippen LogP contribution in [0.2, 0.25) is 0 Å². The molecule has 1 aliphatic heterocycles. The van der Waals surface area contributed by atoms with E-state index in [0.717, 1.165) is 11.1 Å². The third-order valence-electron chi connectivity index (χ3n) is 6.04. The second-order valence-corrected chi connectivity index (χ2v) is 9.50. The van der Waals surface area contributed by atoms with Gasteiger partial charge in [0, 0.05) is 23.0 Å². The highest BCUT2D eigenvalue weighted by molar-refractivity contribution is 5.98. The van der Waals surface area contributed by atoms with E-state index in [1.54, 1.807) is 6.07 Å². The van der Waals surface area contributed by atoms with E-state index in [9.17, 15) is 18.7 Å². The second kappa shape index (κ2) is 10.1. The first kappa shape index (κ1) is 25.2. The Hall–Kier alpha value is -4.45. The lowest BCUT2D eigenvalue weighted by molar-refractivity contribution is 0.0897. The van der Waals surface area contributed by atoms with Crippen LogP contribution in [0.1, 0.15) is 53.7 Å². The van der Waals surface area contributed by atoms with Crippen LogP contribution in [0.3, 0.4) is 0 Å². The van der Waals surface area contributed by atoms with E-state index in [-0.39, 0.29) is 41.3 Å². The van der Waals surface area contributed by atoms with E-state index in [2.05, 4.69) is 36.1 Å². The number of aliphatic hydroxyl groups is 1. The highest BCUT2D eigenvalue weighted by atomic mass is 19.3. The predicted molar refractivity (Wildman–Crippen MR) is 135 cm³/mol. The molecule has 4 aromatic rings. The van der Waals surface area contributed by atoms with Crippen LogP contribution in [-0.2, 0) is 6.42 Å². The summed E-state index contributed by atoms with van der Waals surface area (Å²) in [6, 6.07) is 14.0. The highest BCUT2D eigenvalue weighted by Crippen LogP contribution is 2.32. The normalized spacial score (nSPS) is 15.1. The minimum Gasteiger partial charge on any atom is -0.415 e. The van der Waals surface area contributed by atoms with Gasteiger partial charge < -0.3 is 25.5 Å². The zero-order chi connectivity index (χ0) is 26.9. The number of hydrogen-bond acceptors (Lipinski definition) is 9. The summed E-state index contributed by atoms with van der Waals surface area (Å²) in [5.41, 5.74) is 2.69. The standard InChI is InChI=1S/C26H25F2N7O3/c1-26(2)11-15-8-9-16(10-17(15)22(37)33-26)30-25-29-12-18(23-34-35-24(38-23)20(27)28)21(32-25)31-19(13-36)14-6-4-3-5-7-14/h3-10,12,19-20,36H,11,13H2,1-2H3,(H,33,37)(H2,29,30,31,32)/t19-/m1/s1. The molecule has 2 aromatic carbocycles. The Morgan fingerprint density at radius 2 is 1.92 bits per heavy atom. The van der Waals surface area contributed by atoms with Gasteiger partial charge in [0.05, 0.1) is 18.2 Å². The van der Waals surface area contributed by atoms with Crippen molar-refractivity contribution >= 4 is 23.4 Å². The van der Waals surface area contributed by atoms with Crippen molar-refractivity contribution in [1.82, 2.24) is 25.5 Å². The quantitative estimate of drug-likeness (QED) is 0.265. The number of nitrogens with one attached hydrogen (secondary N) is 3. The summed E-state index contributed by atoms with van der Waals surface area (Å²) in [4.78, 5) is 21.4. The smallest absolute Gasteiger partial charge is 0.314 e. The molecule has 0 saturated carbocycles. The molecule has 196 valence electrons. The lowest BCUT2D eigenvalue weighted by Gasteiger charge is -2.32. The number of aromatic nitrogens is 4. The lowest BCUT2D eigenvalue weighted by Crippen LogP contribution is -2.49. The maximum atomic E-state index is 13.1. The molecule has 3 heterocycles. The molecule has 0 aliphatic carbocycles. The SMILES string of the molecule is CC1(C)Cc2ccc(Nc3ncc(-c4nnc(C(F)F)o4)c(N[C@H](CO)c4ccccc4)n3)cc2C(=O)N1. The number of carbonyl (C=O) groups is 1. The monoisotopic (exact) mass is 521 g/mol. The highest BCUT2D eigenvalue weighted by Gasteiger charge is 2.30. The summed E-state index contributed by atoms with van der Waals surface area (Å²) in [5.74, 6) is -0.866. The van der Waals surface area contributed by atoms with E-state index in [1.807, 2.05) is 56.3 Å². The first-order chi connectivity index (χ1) is 18.2. The molecule has 38 heavy (non-hydrogen) atoms. The van der Waals surface area contributed by atoms with Crippen LogP contribution in [0.25, 0.3) is 11.5 Å². The van der Waals surface area contributed by atoms with Gasteiger partial charge in [0.1, 0.15) is 5.82 Å². The van der Waals surface area contributed by atoms with Crippen LogP contribution in [0.4, 0.5) is 26.2 Å². The number of aliphatic hydroxyl groups excluding tert-OH is 1. The van der Waals surface area contributed by atoms with E-state index < -0.39 is 18.4 Å². The molecule has 10 nitrogen and oxygen atoms in total. The van der Waals surface area contributed by atoms with Crippen molar-refractivity contribution < 1.29 is 23.1 Å². The van der Waals surface area contributed by atoms with Gasteiger partial charge in [0.25, 0.3) is 17.7 Å². The lowest BCUT2D eigenvalue weighted by atomic mass is 9.87. The van der Waals surface area contributed by atoms with E-state index >= 15 is 0 Å². The van der Waals surface area contributed by atoms with Crippen molar-refractivity contribution in [2.75, 3.05) is 17.2 Å². The Labute approximate surface area is 216 Å². The second-order valence-electron chi connectivity index (χ2n) is 9.50. The summed E-state index contributed by atoms with van der Waals surface area (Å²) >= 11 is 0. The van der Waals surface area contributed by atoms with E-state index in [4.69, 9.17) is 4.42 Å². The molecule has 4 N–H and O–H groups in total. The van der Waals surface area contributed by atoms with Gasteiger partial charge in [-0.2, -0.15) is 13.8 Å². The summed E-state index contributed by atoms with van der Waals surface area (Å²) in [6.45, 7) is 3.65. The van der Waals surface area contributed by atoms with Crippen molar-refractivity contribution in [3.05, 3.63) is 77.3 Å². The number of fused-ring (bicyclic) bond motifs is 1. The molecule has 1 atom stereocenters. The number of anilines is 3. The minimum absolute atomic E-state index is 0.158. The van der Waals surface area contributed by atoms with Gasteiger partial charge in [-0.3, -0.25) is 4.79 Å². The maximum Gasteiger partial charge on any atom is 0.314 e. The molecule has 0 spiro atoms. The van der Waals surface area contributed by atoms with Gasteiger partial charge in [-0.1, -0.05) is 36.4 Å². The van der Waals surface area contributed by atoms with Gasteiger partial charge in [-0.25, -0.2) is 4.98 Å². The molecule has 0 bridgehead atoms. The number of carbonyl (C=O) groups excluding carboxylic acids is 1. The molecule has 0 saturated heterocycles. The van der Waals surface area contributed by atoms with Crippen LogP contribution in [0, 0.1) is 0 Å². The largest absolute Gasteiger partial charge is 0.415 e. The molecule has 1 aliphatic rings. The summed E-state index contributed by atoms with van der Waals surface area (Å²) in [5, 5.41) is 26.3. The van der Waals surface area contributed by atoms with Crippen LogP contribution >= 0.6 is 0 Å². The molecule has 0 unspecified atom stereocenters. The van der Waals surface area contributed by atoms with E-state index in [0.29, 0.717) is 17.7 Å². The third kappa shape index (κ3) is 5.30. The van der Waals surface area contributed by atoms with Crippen molar-refractivity contribution in [3.8, 4) is 11.5 Å². The van der Waals surface area contributed by atoms with Crippen LogP contribution in [0.15, 0.2) is 59.1 Å². The topological polar surface area (TPSA) is 138 Å². The van der Waals surface area contributed by atoms with Gasteiger partial charge in [0.15, 0.2) is 0 Å². The minimum atomic E-state index is -2.93. The Kier molecular flexibility index (Phi) is 6.72. The van der Waals surface area contributed by atoms with Crippen molar-refractivity contribution in [3.63, 3.8) is 0 Å². The molecule has 1 amide bonds. The molecule has 12 heteroatoms. The number of halogens is 2. The molecular formula is C26H25F2N7O3. The number of alkyl halides is 2. The first-order valence-corrected chi connectivity index (χ1v) is 11.9. The molecule has 2 aromatic heterocycles. The zero-order valence-electron chi connectivity index (χ0n) is 20.6. The fourth-order valence-electron chi connectivity index (χ4n) is 4.27. The number of nitrogens with zero attached hydrogens (tertiary/aromatic N) is 4. The Morgan fingerprint density at radius 1 is 1.13 bits per heavy atom. The van der Waals surface area contributed by atoms with Gasteiger partial charge >= 0.3 is 6.43 Å². The predicted octanol–water partition coefficient (Wildman–Crippen LogP) is 4.42. The van der Waals surface area contributed by atoms with Gasteiger partial charge in [0.2, 0.25) is 5.95 Å². The summed E-state index contributed by atoms with van der Waals surface area (Å²) < 4.78 is 31.3. The molecule has 5 rings (SSSR count). The number of rotatable bonds is 8. The summed E-state index contributed by atoms with van der Waals surface area (Å²) in [6.07, 6.45) is -0.885. The fraction of sp³-hybridized carbons (Fsp3) is 0.269. The zero-order valence-corrected chi connectivity index (χ0v) is 20.6. The van der Waals surface area contributed by atoms with Gasteiger partial charge in [-0.05, 0) is 43.5 Å². The Bertz CT molecular complexity index is 1460. The molecule has 0 radical (unpaired) electrons. The van der Waals surface area contributed by atoms with Crippen LogP contribution in [0.5, 0.6) is 0 Å². The molecular weight excluding hydrogens is 496 g/mol. The third-order valence-corrected chi connectivity index (χ3v) is 6.04. The maximum absolute atomic E-state index is 13.1. The van der Waals surface area contributed by atoms with Crippen molar-refractivity contribution in [2.45, 2.75) is 38.3 Å². The van der Waals surface area contributed by atoms with E-state index in [1.165, 1.54) is 6.20 Å². The van der Waals surface area contributed by atoms with Crippen molar-refractivity contribution in [1.29, 1.82) is 0 Å². The number of hydrogen-bond donors (Lipinski definition) is 4. The fourth-order valence-corrected chi connectivity index (χ4v) is 4.27. The summed E-state index contributed by atoms with van der Waals surface area (Å²) in [7, 11) is 0.